The topological polar surface area (TPSA) is 67.6 Å². The van der Waals surface area contributed by atoms with E-state index in [1.165, 1.54) is 0 Å². The lowest BCUT2D eigenvalue weighted by Crippen LogP contribution is -2.47. The minimum Gasteiger partial charge on any atom is -0.495 e. The molecular weight excluding hydrogens is 314 g/mol. The number of carbonyl (C=O) groups excluding carboxylic acids is 1. The van der Waals surface area contributed by atoms with E-state index in [1.54, 1.807) is 7.11 Å². The van der Waals surface area contributed by atoms with Crippen molar-refractivity contribution < 1.29 is 9.53 Å². The van der Waals surface area contributed by atoms with Gasteiger partial charge >= 0.3 is 0 Å². The van der Waals surface area contributed by atoms with Crippen LogP contribution in [0.2, 0.25) is 0 Å². The summed E-state index contributed by atoms with van der Waals surface area (Å²) in [5, 5.41) is 3.09. The van der Waals surface area contributed by atoms with Gasteiger partial charge in [-0.05, 0) is 30.5 Å². The molecule has 1 aliphatic heterocycles. The molecule has 1 saturated heterocycles. The van der Waals surface area contributed by atoms with Gasteiger partial charge < -0.3 is 20.7 Å². The number of nitrogens with two attached hydrogens (primary N) is 1. The lowest BCUT2D eigenvalue weighted by molar-refractivity contribution is -0.122. The van der Waals surface area contributed by atoms with Gasteiger partial charge in [-0.3, -0.25) is 4.79 Å². The second-order valence-electron chi connectivity index (χ2n) is 6.41. The molecule has 3 N–H and O–H groups in total. The fourth-order valence-corrected chi connectivity index (χ4v) is 3.26. The summed E-state index contributed by atoms with van der Waals surface area (Å²) in [5.41, 5.74) is 8.21. The number of methoxy groups -OCH3 is 1. The fourth-order valence-electron chi connectivity index (χ4n) is 3.26. The van der Waals surface area contributed by atoms with Crippen LogP contribution in [0, 0.1) is 0 Å². The van der Waals surface area contributed by atoms with Gasteiger partial charge in [0.25, 0.3) is 0 Å². The van der Waals surface area contributed by atoms with Crippen LogP contribution in [0.5, 0.6) is 5.75 Å². The minimum absolute atomic E-state index is 0.0873. The van der Waals surface area contributed by atoms with Gasteiger partial charge in [0, 0.05) is 19.1 Å². The number of anilines is 1. The number of nitrogens with one attached hydrogen (secondary N) is 1. The monoisotopic (exact) mass is 339 g/mol. The summed E-state index contributed by atoms with van der Waals surface area (Å²) in [6.07, 6.45) is 1.46. The zero-order chi connectivity index (χ0) is 17.6. The number of ether oxygens (including phenoxy) is 1. The Morgan fingerprint density at radius 2 is 1.96 bits per heavy atom. The summed E-state index contributed by atoms with van der Waals surface area (Å²) in [7, 11) is 1.68. The highest BCUT2D eigenvalue weighted by Gasteiger charge is 2.27. The molecular formula is C20H25N3O2. The number of hydrogen-bond donors (Lipinski definition) is 2. The Bertz CT molecular complexity index is 705. The van der Waals surface area contributed by atoms with Crippen molar-refractivity contribution in [1.82, 2.24) is 5.32 Å². The largest absolute Gasteiger partial charge is 0.495 e. The summed E-state index contributed by atoms with van der Waals surface area (Å²) in [6.45, 7) is 1.66. The number of amides is 1. The van der Waals surface area contributed by atoms with Crippen molar-refractivity contribution in [2.75, 3.05) is 25.1 Å². The Morgan fingerprint density at radius 3 is 2.72 bits per heavy atom. The van der Waals surface area contributed by atoms with E-state index in [4.69, 9.17) is 10.5 Å². The molecule has 2 aromatic rings. The quantitative estimate of drug-likeness (QED) is 0.844. The van der Waals surface area contributed by atoms with Crippen molar-refractivity contribution in [2.24, 2.45) is 5.73 Å². The number of benzene rings is 2. The first-order valence-electron chi connectivity index (χ1n) is 8.65. The minimum atomic E-state index is -0.525. The highest BCUT2D eigenvalue weighted by atomic mass is 16.5. The molecule has 3 rings (SSSR count). The molecule has 0 bridgehead atoms. The Hall–Kier alpha value is -2.53. The van der Waals surface area contributed by atoms with Gasteiger partial charge in [0.15, 0.2) is 0 Å². The molecule has 132 valence electrons. The fraction of sp³-hybridized carbons (Fsp3) is 0.350. The third-order valence-corrected chi connectivity index (χ3v) is 4.60. The molecule has 2 aromatic carbocycles. The average Bonchev–Trinajstić information content (AvgIpc) is 3.10. The highest BCUT2D eigenvalue weighted by molar-refractivity contribution is 5.82. The van der Waals surface area contributed by atoms with E-state index in [1.807, 2.05) is 54.6 Å². The van der Waals surface area contributed by atoms with E-state index in [0.29, 0.717) is 6.42 Å². The normalized spacial score (nSPS) is 18.0. The van der Waals surface area contributed by atoms with Gasteiger partial charge in [-0.1, -0.05) is 42.5 Å². The van der Waals surface area contributed by atoms with Crippen molar-refractivity contribution in [1.29, 1.82) is 0 Å². The maximum absolute atomic E-state index is 12.4. The molecule has 0 saturated carbocycles. The van der Waals surface area contributed by atoms with E-state index in [-0.39, 0.29) is 11.9 Å². The Labute approximate surface area is 148 Å². The van der Waals surface area contributed by atoms with Crippen LogP contribution in [0.15, 0.2) is 54.6 Å². The first-order chi connectivity index (χ1) is 12.2. The molecule has 2 atom stereocenters. The number of para-hydroxylation sites is 2. The van der Waals surface area contributed by atoms with Crippen molar-refractivity contribution >= 4 is 11.6 Å². The van der Waals surface area contributed by atoms with Crippen LogP contribution in [-0.2, 0) is 11.2 Å². The molecule has 0 spiro atoms. The number of rotatable bonds is 6. The first kappa shape index (κ1) is 17.3. The van der Waals surface area contributed by atoms with Gasteiger partial charge in [-0.2, -0.15) is 0 Å². The molecule has 1 fully saturated rings. The van der Waals surface area contributed by atoms with Crippen LogP contribution in [0.3, 0.4) is 0 Å². The average molecular weight is 339 g/mol. The lowest BCUT2D eigenvalue weighted by Gasteiger charge is -2.22. The van der Waals surface area contributed by atoms with Crippen LogP contribution in [-0.4, -0.2) is 38.2 Å². The number of nitrogens with zero attached hydrogens (tertiary/aromatic N) is 1. The van der Waals surface area contributed by atoms with Gasteiger partial charge in [0.05, 0.1) is 18.8 Å². The molecule has 5 heteroatoms. The molecule has 0 radical (unpaired) electrons. The van der Waals surface area contributed by atoms with Crippen molar-refractivity contribution in [3.63, 3.8) is 0 Å². The number of hydrogen-bond acceptors (Lipinski definition) is 4. The second kappa shape index (κ2) is 8.03. The molecule has 0 aliphatic carbocycles. The third-order valence-electron chi connectivity index (χ3n) is 4.60. The molecule has 1 heterocycles. The van der Waals surface area contributed by atoms with Crippen LogP contribution >= 0.6 is 0 Å². The molecule has 25 heavy (non-hydrogen) atoms. The predicted molar refractivity (Wildman–Crippen MR) is 99.9 cm³/mol. The van der Waals surface area contributed by atoms with E-state index < -0.39 is 6.04 Å². The molecule has 0 aromatic heterocycles. The second-order valence-corrected chi connectivity index (χ2v) is 6.41. The Kier molecular flexibility index (Phi) is 5.56. The van der Waals surface area contributed by atoms with Crippen LogP contribution in [0.25, 0.3) is 0 Å². The van der Waals surface area contributed by atoms with Crippen LogP contribution in [0.1, 0.15) is 12.0 Å². The smallest absolute Gasteiger partial charge is 0.237 e. The molecule has 1 amide bonds. The standard InChI is InChI=1S/C20H25N3O2/c1-25-19-10-6-5-9-18(19)23-12-11-16(14-23)22-20(24)17(21)13-15-7-3-2-4-8-15/h2-10,16-17H,11-14,21H2,1H3,(H,22,24). The van der Waals surface area contributed by atoms with E-state index in [2.05, 4.69) is 10.2 Å². The molecule has 5 nitrogen and oxygen atoms in total. The zero-order valence-electron chi connectivity index (χ0n) is 14.5. The number of carbonyl (C=O) groups is 1. The van der Waals surface area contributed by atoms with Gasteiger partial charge in [0.1, 0.15) is 5.75 Å². The van der Waals surface area contributed by atoms with E-state index >= 15 is 0 Å². The SMILES string of the molecule is COc1ccccc1N1CCC(NC(=O)C(N)Cc2ccccc2)C1. The summed E-state index contributed by atoms with van der Waals surface area (Å²) in [6, 6.07) is 17.4. The Balaban J connectivity index is 1.55. The first-order valence-corrected chi connectivity index (χ1v) is 8.65. The molecule has 1 aliphatic rings. The third kappa shape index (κ3) is 4.31. The van der Waals surface area contributed by atoms with Crippen molar-refractivity contribution in [3.8, 4) is 5.75 Å². The van der Waals surface area contributed by atoms with Crippen molar-refractivity contribution in [3.05, 3.63) is 60.2 Å². The van der Waals surface area contributed by atoms with E-state index in [9.17, 15) is 4.79 Å². The van der Waals surface area contributed by atoms with Crippen LogP contribution < -0.4 is 20.7 Å². The van der Waals surface area contributed by atoms with Crippen molar-refractivity contribution in [2.45, 2.75) is 24.9 Å². The van der Waals surface area contributed by atoms with Gasteiger partial charge in [-0.25, -0.2) is 0 Å². The van der Waals surface area contributed by atoms with Crippen LogP contribution in [0.4, 0.5) is 5.69 Å². The highest BCUT2D eigenvalue weighted by Crippen LogP contribution is 2.30. The maximum atomic E-state index is 12.4. The zero-order valence-corrected chi connectivity index (χ0v) is 14.5. The van der Waals surface area contributed by atoms with E-state index in [0.717, 1.165) is 36.5 Å². The van der Waals surface area contributed by atoms with Gasteiger partial charge in [-0.15, -0.1) is 0 Å². The maximum Gasteiger partial charge on any atom is 0.237 e. The molecule has 2 unspecified atom stereocenters. The summed E-state index contributed by atoms with van der Waals surface area (Å²) in [4.78, 5) is 14.6. The lowest BCUT2D eigenvalue weighted by atomic mass is 10.1. The summed E-state index contributed by atoms with van der Waals surface area (Å²) in [5.74, 6) is 0.769. The summed E-state index contributed by atoms with van der Waals surface area (Å²) < 4.78 is 5.43. The Morgan fingerprint density at radius 1 is 1.24 bits per heavy atom. The predicted octanol–water partition coefficient (Wildman–Crippen LogP) is 1.96. The van der Waals surface area contributed by atoms with Gasteiger partial charge in [0.2, 0.25) is 5.91 Å². The summed E-state index contributed by atoms with van der Waals surface area (Å²) >= 11 is 0.